The van der Waals surface area contributed by atoms with E-state index in [1.807, 2.05) is 45.0 Å². The van der Waals surface area contributed by atoms with E-state index in [0.717, 1.165) is 22.4 Å². The van der Waals surface area contributed by atoms with Crippen molar-refractivity contribution in [2.24, 2.45) is 5.41 Å². The standard InChI is InChI=1S/C17H20N2O/c1-12-7-5-6-8-13(12)14-11-18-10-9-15(14)19-16(20)17(2,3)4/h5-11H,1-4H3,(H,18,19,20). The van der Waals surface area contributed by atoms with Gasteiger partial charge in [-0.2, -0.15) is 0 Å². The van der Waals surface area contributed by atoms with Gasteiger partial charge in [0.25, 0.3) is 0 Å². The van der Waals surface area contributed by atoms with Crippen molar-refractivity contribution < 1.29 is 4.79 Å². The lowest BCUT2D eigenvalue weighted by atomic mass is 9.95. The number of aryl methyl sites for hydroxylation is 1. The van der Waals surface area contributed by atoms with Gasteiger partial charge in [-0.15, -0.1) is 0 Å². The number of carbonyl (C=O) groups is 1. The highest BCUT2D eigenvalue weighted by molar-refractivity contribution is 5.98. The van der Waals surface area contributed by atoms with E-state index in [-0.39, 0.29) is 5.91 Å². The Morgan fingerprint density at radius 3 is 2.45 bits per heavy atom. The summed E-state index contributed by atoms with van der Waals surface area (Å²) in [6.45, 7) is 7.75. The van der Waals surface area contributed by atoms with E-state index >= 15 is 0 Å². The highest BCUT2D eigenvalue weighted by Gasteiger charge is 2.22. The molecule has 1 N–H and O–H groups in total. The first-order valence-electron chi connectivity index (χ1n) is 6.71. The third kappa shape index (κ3) is 3.05. The molecule has 0 unspecified atom stereocenters. The second kappa shape index (κ2) is 5.45. The molecule has 0 aliphatic heterocycles. The van der Waals surface area contributed by atoms with Crippen molar-refractivity contribution in [1.29, 1.82) is 0 Å². The number of hydrogen-bond donors (Lipinski definition) is 1. The minimum absolute atomic E-state index is 0.00136. The molecule has 20 heavy (non-hydrogen) atoms. The highest BCUT2D eigenvalue weighted by atomic mass is 16.2. The fourth-order valence-corrected chi connectivity index (χ4v) is 1.90. The molecule has 0 fully saturated rings. The lowest BCUT2D eigenvalue weighted by molar-refractivity contribution is -0.123. The number of anilines is 1. The van der Waals surface area contributed by atoms with Crippen LogP contribution in [0.25, 0.3) is 11.1 Å². The summed E-state index contributed by atoms with van der Waals surface area (Å²) in [6.07, 6.45) is 3.49. The molecule has 1 heterocycles. The molecule has 2 aromatic rings. The molecule has 0 saturated carbocycles. The molecule has 0 bridgehead atoms. The van der Waals surface area contributed by atoms with Gasteiger partial charge in [0, 0.05) is 23.4 Å². The van der Waals surface area contributed by atoms with E-state index in [1.165, 1.54) is 0 Å². The summed E-state index contributed by atoms with van der Waals surface area (Å²) in [7, 11) is 0. The second-order valence-corrected chi connectivity index (χ2v) is 5.94. The summed E-state index contributed by atoms with van der Waals surface area (Å²) in [5.74, 6) is -0.00136. The van der Waals surface area contributed by atoms with Crippen LogP contribution in [0.4, 0.5) is 5.69 Å². The Balaban J connectivity index is 2.42. The van der Waals surface area contributed by atoms with Crippen LogP contribution in [0.1, 0.15) is 26.3 Å². The van der Waals surface area contributed by atoms with Gasteiger partial charge < -0.3 is 5.32 Å². The van der Waals surface area contributed by atoms with Crippen LogP contribution in [0.3, 0.4) is 0 Å². The summed E-state index contributed by atoms with van der Waals surface area (Å²) in [6, 6.07) is 9.93. The zero-order valence-corrected chi connectivity index (χ0v) is 12.4. The van der Waals surface area contributed by atoms with Crippen molar-refractivity contribution in [3.8, 4) is 11.1 Å². The quantitative estimate of drug-likeness (QED) is 0.893. The average molecular weight is 268 g/mol. The number of pyridine rings is 1. The molecule has 0 aliphatic carbocycles. The Morgan fingerprint density at radius 1 is 1.10 bits per heavy atom. The van der Waals surface area contributed by atoms with Crippen molar-refractivity contribution >= 4 is 11.6 Å². The maximum Gasteiger partial charge on any atom is 0.229 e. The van der Waals surface area contributed by atoms with Gasteiger partial charge in [-0.25, -0.2) is 0 Å². The molecular weight excluding hydrogens is 248 g/mol. The monoisotopic (exact) mass is 268 g/mol. The zero-order chi connectivity index (χ0) is 14.8. The number of nitrogens with one attached hydrogen (secondary N) is 1. The van der Waals surface area contributed by atoms with Gasteiger partial charge in [0.2, 0.25) is 5.91 Å². The van der Waals surface area contributed by atoms with Crippen molar-refractivity contribution in [2.75, 3.05) is 5.32 Å². The molecule has 104 valence electrons. The van der Waals surface area contributed by atoms with Crippen LogP contribution in [0.15, 0.2) is 42.7 Å². The van der Waals surface area contributed by atoms with Gasteiger partial charge in [0.1, 0.15) is 0 Å². The van der Waals surface area contributed by atoms with Gasteiger partial charge >= 0.3 is 0 Å². The molecular formula is C17H20N2O. The van der Waals surface area contributed by atoms with Crippen LogP contribution >= 0.6 is 0 Å². The van der Waals surface area contributed by atoms with Gasteiger partial charge in [-0.05, 0) is 24.1 Å². The number of carbonyl (C=O) groups excluding carboxylic acids is 1. The number of rotatable bonds is 2. The Bertz CT molecular complexity index is 627. The van der Waals surface area contributed by atoms with E-state index in [9.17, 15) is 4.79 Å². The van der Waals surface area contributed by atoms with Crippen LogP contribution in [0.5, 0.6) is 0 Å². The molecule has 0 saturated heterocycles. The number of benzene rings is 1. The number of nitrogens with zero attached hydrogens (tertiary/aromatic N) is 1. The summed E-state index contributed by atoms with van der Waals surface area (Å²) >= 11 is 0. The van der Waals surface area contributed by atoms with Crippen molar-refractivity contribution in [1.82, 2.24) is 4.98 Å². The minimum atomic E-state index is -0.424. The second-order valence-electron chi connectivity index (χ2n) is 5.94. The number of aromatic nitrogens is 1. The summed E-state index contributed by atoms with van der Waals surface area (Å²) in [4.78, 5) is 16.4. The zero-order valence-electron chi connectivity index (χ0n) is 12.4. The van der Waals surface area contributed by atoms with Crippen molar-refractivity contribution in [3.63, 3.8) is 0 Å². The molecule has 0 atom stereocenters. The molecule has 0 aliphatic rings. The van der Waals surface area contributed by atoms with Crippen LogP contribution in [0.2, 0.25) is 0 Å². The summed E-state index contributed by atoms with van der Waals surface area (Å²) < 4.78 is 0. The van der Waals surface area contributed by atoms with Crippen LogP contribution < -0.4 is 5.32 Å². The highest BCUT2D eigenvalue weighted by Crippen LogP contribution is 2.30. The molecule has 0 radical (unpaired) electrons. The first kappa shape index (κ1) is 14.3. The Morgan fingerprint density at radius 2 is 1.80 bits per heavy atom. The first-order chi connectivity index (χ1) is 9.39. The molecule has 0 spiro atoms. The Hall–Kier alpha value is -2.16. The van der Waals surface area contributed by atoms with Gasteiger partial charge in [-0.1, -0.05) is 45.0 Å². The fraction of sp³-hybridized carbons (Fsp3) is 0.294. The average Bonchev–Trinajstić information content (AvgIpc) is 2.39. The smallest absolute Gasteiger partial charge is 0.229 e. The first-order valence-corrected chi connectivity index (χ1v) is 6.71. The van der Waals surface area contributed by atoms with Gasteiger partial charge in [0.15, 0.2) is 0 Å². The van der Waals surface area contributed by atoms with E-state index < -0.39 is 5.41 Å². The number of amides is 1. The third-order valence-electron chi connectivity index (χ3n) is 3.19. The van der Waals surface area contributed by atoms with E-state index in [1.54, 1.807) is 12.4 Å². The minimum Gasteiger partial charge on any atom is -0.325 e. The largest absolute Gasteiger partial charge is 0.325 e. The predicted octanol–water partition coefficient (Wildman–Crippen LogP) is 4.04. The van der Waals surface area contributed by atoms with Crippen LogP contribution in [-0.4, -0.2) is 10.9 Å². The van der Waals surface area contributed by atoms with Crippen molar-refractivity contribution in [3.05, 3.63) is 48.3 Å². The maximum absolute atomic E-state index is 12.2. The maximum atomic E-state index is 12.2. The van der Waals surface area contributed by atoms with Gasteiger partial charge in [0.05, 0.1) is 5.69 Å². The van der Waals surface area contributed by atoms with E-state index in [0.29, 0.717) is 0 Å². The Labute approximate surface area is 120 Å². The molecule has 2 rings (SSSR count). The molecule has 3 nitrogen and oxygen atoms in total. The van der Waals surface area contributed by atoms with E-state index in [2.05, 4.69) is 23.3 Å². The lowest BCUT2D eigenvalue weighted by Crippen LogP contribution is -2.27. The lowest BCUT2D eigenvalue weighted by Gasteiger charge is -2.19. The molecule has 1 aromatic carbocycles. The SMILES string of the molecule is Cc1ccccc1-c1cnccc1NC(=O)C(C)(C)C. The number of hydrogen-bond acceptors (Lipinski definition) is 2. The third-order valence-corrected chi connectivity index (χ3v) is 3.19. The molecule has 3 heteroatoms. The van der Waals surface area contributed by atoms with Crippen LogP contribution in [0, 0.1) is 12.3 Å². The van der Waals surface area contributed by atoms with E-state index in [4.69, 9.17) is 0 Å². The van der Waals surface area contributed by atoms with Gasteiger partial charge in [-0.3, -0.25) is 9.78 Å². The fourth-order valence-electron chi connectivity index (χ4n) is 1.90. The van der Waals surface area contributed by atoms with Crippen LogP contribution in [-0.2, 0) is 4.79 Å². The molecule has 1 amide bonds. The predicted molar refractivity (Wildman–Crippen MR) is 82.5 cm³/mol. The topological polar surface area (TPSA) is 42.0 Å². The normalized spacial score (nSPS) is 11.2. The summed E-state index contributed by atoms with van der Waals surface area (Å²) in [5.41, 5.74) is 3.57. The van der Waals surface area contributed by atoms with Crippen molar-refractivity contribution in [2.45, 2.75) is 27.7 Å². The molecule has 1 aromatic heterocycles. The summed E-state index contributed by atoms with van der Waals surface area (Å²) in [5, 5.41) is 3.00. The Kier molecular flexibility index (Phi) is 3.89.